The third-order valence-corrected chi connectivity index (χ3v) is 2.33. The summed E-state index contributed by atoms with van der Waals surface area (Å²) in [6.07, 6.45) is 3.09. The molecule has 5 heteroatoms. The number of aromatic nitrogens is 3. The van der Waals surface area contributed by atoms with Gasteiger partial charge in [-0.15, -0.1) is 0 Å². The van der Waals surface area contributed by atoms with Gasteiger partial charge in [-0.3, -0.25) is 0 Å². The Hall–Kier alpha value is -1.86. The van der Waals surface area contributed by atoms with Gasteiger partial charge in [0, 0.05) is 5.02 Å². The van der Waals surface area contributed by atoms with Gasteiger partial charge in [-0.05, 0) is 17.7 Å². The molecule has 0 aliphatic carbocycles. The monoisotopic (exact) mass is 218 g/mol. The third kappa shape index (κ3) is 2.14. The van der Waals surface area contributed by atoms with Crippen LogP contribution in [0.5, 0.6) is 0 Å². The Balaban J connectivity index is 2.27. The van der Waals surface area contributed by atoms with Gasteiger partial charge in [0.05, 0.1) is 18.2 Å². The van der Waals surface area contributed by atoms with Gasteiger partial charge >= 0.3 is 0 Å². The van der Waals surface area contributed by atoms with E-state index in [1.54, 1.807) is 23.1 Å². The highest BCUT2D eigenvalue weighted by Gasteiger charge is 2.02. The number of hydrogen-bond donors (Lipinski definition) is 0. The summed E-state index contributed by atoms with van der Waals surface area (Å²) in [5, 5.41) is 13.2. The predicted octanol–water partition coefficient (Wildman–Crippen LogP) is 1.85. The van der Waals surface area contributed by atoms with E-state index in [0.717, 1.165) is 5.56 Å². The van der Waals surface area contributed by atoms with Gasteiger partial charge in [0.2, 0.25) is 0 Å². The Bertz CT molecular complexity index is 499. The van der Waals surface area contributed by atoms with Crippen molar-refractivity contribution in [1.82, 2.24) is 14.8 Å². The molecule has 0 unspecified atom stereocenters. The highest BCUT2D eigenvalue weighted by molar-refractivity contribution is 6.31. The summed E-state index contributed by atoms with van der Waals surface area (Å²) < 4.78 is 1.67. The van der Waals surface area contributed by atoms with Gasteiger partial charge in [-0.25, -0.2) is 9.67 Å². The molecular weight excluding hydrogens is 212 g/mol. The maximum Gasteiger partial charge on any atom is 0.137 e. The first-order chi connectivity index (χ1) is 7.29. The lowest BCUT2D eigenvalue weighted by Crippen LogP contribution is -2.00. The molecule has 2 rings (SSSR count). The molecule has 15 heavy (non-hydrogen) atoms. The number of nitriles is 1. The van der Waals surface area contributed by atoms with E-state index in [2.05, 4.69) is 10.1 Å². The topological polar surface area (TPSA) is 54.5 Å². The molecule has 74 valence electrons. The van der Waals surface area contributed by atoms with Crippen molar-refractivity contribution in [3.63, 3.8) is 0 Å². The number of hydrogen-bond acceptors (Lipinski definition) is 3. The number of rotatable bonds is 2. The van der Waals surface area contributed by atoms with Crippen LogP contribution in [0.25, 0.3) is 0 Å². The van der Waals surface area contributed by atoms with Gasteiger partial charge in [-0.1, -0.05) is 17.7 Å². The largest absolute Gasteiger partial charge is 0.249 e. The Morgan fingerprint density at radius 3 is 2.93 bits per heavy atom. The molecule has 0 aliphatic heterocycles. The fourth-order valence-corrected chi connectivity index (χ4v) is 1.47. The lowest BCUT2D eigenvalue weighted by atomic mass is 10.1. The summed E-state index contributed by atoms with van der Waals surface area (Å²) in [7, 11) is 0. The zero-order valence-electron chi connectivity index (χ0n) is 7.76. The first-order valence-corrected chi connectivity index (χ1v) is 4.68. The molecule has 0 aliphatic rings. The minimum atomic E-state index is 0.558. The first-order valence-electron chi connectivity index (χ1n) is 4.30. The second kappa shape index (κ2) is 4.11. The van der Waals surface area contributed by atoms with E-state index < -0.39 is 0 Å². The summed E-state index contributed by atoms with van der Waals surface area (Å²) >= 11 is 6.01. The van der Waals surface area contributed by atoms with E-state index in [-0.39, 0.29) is 0 Å². The minimum absolute atomic E-state index is 0.558. The van der Waals surface area contributed by atoms with Gasteiger partial charge in [-0.2, -0.15) is 10.4 Å². The number of benzene rings is 1. The molecule has 0 spiro atoms. The van der Waals surface area contributed by atoms with Crippen molar-refractivity contribution in [2.24, 2.45) is 0 Å². The summed E-state index contributed by atoms with van der Waals surface area (Å²) in [5.74, 6) is 0. The van der Waals surface area contributed by atoms with Crippen molar-refractivity contribution in [3.8, 4) is 6.07 Å². The van der Waals surface area contributed by atoms with E-state index in [1.165, 1.54) is 6.33 Å². The molecule has 0 radical (unpaired) electrons. The van der Waals surface area contributed by atoms with Crippen molar-refractivity contribution in [2.75, 3.05) is 0 Å². The predicted molar refractivity (Wildman–Crippen MR) is 55.3 cm³/mol. The zero-order chi connectivity index (χ0) is 10.7. The van der Waals surface area contributed by atoms with E-state index in [9.17, 15) is 0 Å². The molecular formula is C10H7ClN4. The SMILES string of the molecule is N#Cc1ccc(Cn2cncn2)c(Cl)c1. The molecule has 0 saturated heterocycles. The minimum Gasteiger partial charge on any atom is -0.249 e. The fourth-order valence-electron chi connectivity index (χ4n) is 1.23. The molecule has 1 aromatic heterocycles. The highest BCUT2D eigenvalue weighted by Crippen LogP contribution is 2.18. The van der Waals surface area contributed by atoms with Crippen LogP contribution < -0.4 is 0 Å². The third-order valence-electron chi connectivity index (χ3n) is 1.98. The van der Waals surface area contributed by atoms with Crippen molar-refractivity contribution in [1.29, 1.82) is 5.26 Å². The Morgan fingerprint density at radius 1 is 1.47 bits per heavy atom. The van der Waals surface area contributed by atoms with Crippen LogP contribution in [0.4, 0.5) is 0 Å². The average molecular weight is 219 g/mol. The lowest BCUT2D eigenvalue weighted by molar-refractivity contribution is 0.685. The first kappa shape index (κ1) is 9.69. The number of nitrogens with zero attached hydrogens (tertiary/aromatic N) is 4. The molecule has 0 amide bonds. The van der Waals surface area contributed by atoms with E-state index in [4.69, 9.17) is 16.9 Å². The summed E-state index contributed by atoms with van der Waals surface area (Å²) in [6.45, 7) is 0.560. The smallest absolute Gasteiger partial charge is 0.137 e. The van der Waals surface area contributed by atoms with E-state index in [1.807, 2.05) is 12.1 Å². The molecule has 0 bridgehead atoms. The quantitative estimate of drug-likeness (QED) is 0.773. The van der Waals surface area contributed by atoms with Crippen LogP contribution in [-0.4, -0.2) is 14.8 Å². The van der Waals surface area contributed by atoms with Crippen LogP contribution in [0.15, 0.2) is 30.9 Å². The fraction of sp³-hybridized carbons (Fsp3) is 0.100. The van der Waals surface area contributed by atoms with Gasteiger partial charge in [0.15, 0.2) is 0 Å². The van der Waals surface area contributed by atoms with Crippen molar-refractivity contribution in [3.05, 3.63) is 47.0 Å². The Kier molecular flexibility index (Phi) is 2.66. The van der Waals surface area contributed by atoms with Crippen molar-refractivity contribution < 1.29 is 0 Å². The van der Waals surface area contributed by atoms with Crippen LogP contribution >= 0.6 is 11.6 Å². The molecule has 4 nitrogen and oxygen atoms in total. The lowest BCUT2D eigenvalue weighted by Gasteiger charge is -2.03. The van der Waals surface area contributed by atoms with Crippen LogP contribution in [0.2, 0.25) is 5.02 Å². The molecule has 2 aromatic rings. The van der Waals surface area contributed by atoms with Crippen LogP contribution in [0.3, 0.4) is 0 Å². The van der Waals surface area contributed by atoms with E-state index >= 15 is 0 Å². The van der Waals surface area contributed by atoms with Crippen molar-refractivity contribution in [2.45, 2.75) is 6.54 Å². The summed E-state index contributed by atoms with van der Waals surface area (Å²) in [6, 6.07) is 7.24. The normalized spacial score (nSPS) is 9.87. The molecule has 1 aromatic carbocycles. The maximum absolute atomic E-state index is 8.67. The molecule has 0 saturated carbocycles. The summed E-state index contributed by atoms with van der Waals surface area (Å²) in [5.41, 5.74) is 1.48. The molecule has 1 heterocycles. The highest BCUT2D eigenvalue weighted by atomic mass is 35.5. The summed E-state index contributed by atoms with van der Waals surface area (Å²) in [4.78, 5) is 3.84. The van der Waals surface area contributed by atoms with Gasteiger partial charge in [0.1, 0.15) is 12.7 Å². The standard InChI is InChI=1S/C10H7ClN4/c11-10-3-8(4-12)1-2-9(10)5-15-7-13-6-14-15/h1-3,6-7H,5H2. The van der Waals surface area contributed by atoms with E-state index in [0.29, 0.717) is 17.1 Å². The second-order valence-corrected chi connectivity index (χ2v) is 3.42. The average Bonchev–Trinajstić information content (AvgIpc) is 2.74. The Labute approximate surface area is 91.7 Å². The maximum atomic E-state index is 8.67. The van der Waals surface area contributed by atoms with Crippen LogP contribution in [0.1, 0.15) is 11.1 Å². The van der Waals surface area contributed by atoms with Crippen molar-refractivity contribution >= 4 is 11.6 Å². The van der Waals surface area contributed by atoms with Crippen LogP contribution in [0, 0.1) is 11.3 Å². The zero-order valence-corrected chi connectivity index (χ0v) is 8.52. The van der Waals surface area contributed by atoms with Gasteiger partial charge < -0.3 is 0 Å². The number of halogens is 1. The second-order valence-electron chi connectivity index (χ2n) is 3.01. The van der Waals surface area contributed by atoms with Gasteiger partial charge in [0.25, 0.3) is 0 Å². The molecule has 0 fully saturated rings. The molecule has 0 atom stereocenters. The molecule has 0 N–H and O–H groups in total. The Morgan fingerprint density at radius 2 is 2.33 bits per heavy atom. The van der Waals surface area contributed by atoms with Crippen LogP contribution in [-0.2, 0) is 6.54 Å².